The number of hydrogen-bond acceptors (Lipinski definition) is 5. The number of aryl methyl sites for hydroxylation is 1. The van der Waals surface area contributed by atoms with E-state index in [0.29, 0.717) is 11.3 Å². The van der Waals surface area contributed by atoms with Crippen LogP contribution >= 0.6 is 15.9 Å². The molecule has 3 rings (SSSR count). The zero-order valence-electron chi connectivity index (χ0n) is 26.8. The number of carbonyl (C=O) groups is 3. The fourth-order valence-corrected chi connectivity index (χ4v) is 4.39. The quantitative estimate of drug-likeness (QED) is 0.174. The van der Waals surface area contributed by atoms with Crippen molar-refractivity contribution in [3.05, 3.63) is 108 Å². The molecule has 1 aliphatic carbocycles. The third kappa shape index (κ3) is 15.1. The summed E-state index contributed by atoms with van der Waals surface area (Å²) in [5.41, 5.74) is 8.54. The Bertz CT molecular complexity index is 1240. The van der Waals surface area contributed by atoms with Crippen LogP contribution in [0.15, 0.2) is 96.7 Å². The zero-order chi connectivity index (χ0) is 33.5. The van der Waals surface area contributed by atoms with Crippen LogP contribution in [0.4, 0.5) is 0 Å². The highest BCUT2D eigenvalue weighted by molar-refractivity contribution is 9.11. The molecule has 0 radical (unpaired) electrons. The highest BCUT2D eigenvalue weighted by atomic mass is 79.9. The molecule has 8 nitrogen and oxygen atoms in total. The van der Waals surface area contributed by atoms with Gasteiger partial charge in [0.15, 0.2) is 0 Å². The molecule has 0 aromatic heterocycles. The van der Waals surface area contributed by atoms with Crippen molar-refractivity contribution >= 4 is 33.7 Å². The third-order valence-electron chi connectivity index (χ3n) is 6.34. The van der Waals surface area contributed by atoms with E-state index >= 15 is 0 Å². The predicted octanol–water partition coefficient (Wildman–Crippen LogP) is 6.33. The molecule has 5 N–H and O–H groups in total. The number of allylic oxidation sites excluding steroid dienone is 4. The summed E-state index contributed by atoms with van der Waals surface area (Å²) in [5, 5.41) is 8.44. The van der Waals surface area contributed by atoms with Crippen molar-refractivity contribution in [1.29, 1.82) is 0 Å². The number of carbonyl (C=O) groups excluding carboxylic acids is 3. The lowest BCUT2D eigenvalue weighted by atomic mass is 9.99. The molecule has 44 heavy (non-hydrogen) atoms. The van der Waals surface area contributed by atoms with Crippen LogP contribution in [0, 0.1) is 6.92 Å². The van der Waals surface area contributed by atoms with E-state index in [1.807, 2.05) is 56.3 Å². The predicted molar refractivity (Wildman–Crippen MR) is 186 cm³/mol. The summed E-state index contributed by atoms with van der Waals surface area (Å²) >= 11 is 3.36. The molecule has 0 aliphatic heterocycles. The minimum Gasteiger partial charge on any atom is -0.388 e. The normalized spacial score (nSPS) is 13.1. The van der Waals surface area contributed by atoms with E-state index in [9.17, 15) is 14.4 Å². The van der Waals surface area contributed by atoms with E-state index < -0.39 is 17.9 Å². The molecule has 3 amide bonds. The van der Waals surface area contributed by atoms with Crippen LogP contribution in [0.2, 0.25) is 0 Å². The van der Waals surface area contributed by atoms with Gasteiger partial charge < -0.3 is 26.4 Å². The topological polar surface area (TPSA) is 123 Å². The average Bonchev–Trinajstić information content (AvgIpc) is 3.55. The maximum Gasteiger partial charge on any atom is 0.251 e. The number of ether oxygens (including phenoxy) is 1. The molecule has 0 bridgehead atoms. The van der Waals surface area contributed by atoms with E-state index in [1.165, 1.54) is 7.05 Å². The van der Waals surface area contributed by atoms with Crippen molar-refractivity contribution in [2.45, 2.75) is 58.0 Å². The summed E-state index contributed by atoms with van der Waals surface area (Å²) in [4.78, 5) is 38.8. The third-order valence-corrected chi connectivity index (χ3v) is 7.06. The van der Waals surface area contributed by atoms with E-state index in [4.69, 9.17) is 0 Å². The molecule has 2 aromatic carbocycles. The SMILES string of the molecule is C=C.C=C(/C=C\C(Br)=C/C)NC(=O)CC(NC(=O)c1ccc(-c2ccccc2C)cc1)C(=O)NC1CCCC1.CN.COC. The molecule has 1 unspecified atom stereocenters. The number of methoxy groups -OCH3 is 1. The van der Waals surface area contributed by atoms with E-state index in [1.54, 1.807) is 38.5 Å². The number of amides is 3. The zero-order valence-corrected chi connectivity index (χ0v) is 28.3. The average molecular weight is 670 g/mol. The first-order chi connectivity index (χ1) is 21.2. The first-order valence-electron chi connectivity index (χ1n) is 14.4. The second-order valence-electron chi connectivity index (χ2n) is 9.60. The molecule has 0 heterocycles. The second kappa shape index (κ2) is 23.6. The Morgan fingerprint density at radius 2 is 1.59 bits per heavy atom. The van der Waals surface area contributed by atoms with Crippen molar-refractivity contribution < 1.29 is 19.1 Å². The number of nitrogens with two attached hydrogens (primary N) is 1. The van der Waals surface area contributed by atoms with Gasteiger partial charge in [0.05, 0.1) is 6.42 Å². The molecule has 1 aliphatic rings. The Labute approximate surface area is 272 Å². The molecule has 240 valence electrons. The Morgan fingerprint density at radius 1 is 1.02 bits per heavy atom. The van der Waals surface area contributed by atoms with Crippen LogP contribution in [-0.2, 0) is 14.3 Å². The van der Waals surface area contributed by atoms with E-state index in [0.717, 1.165) is 46.9 Å². The molecule has 9 heteroatoms. The van der Waals surface area contributed by atoms with Gasteiger partial charge in [-0.2, -0.15) is 0 Å². The van der Waals surface area contributed by atoms with Crippen LogP contribution < -0.4 is 21.7 Å². The smallest absolute Gasteiger partial charge is 0.251 e. The summed E-state index contributed by atoms with van der Waals surface area (Å²) < 4.78 is 5.09. The first kappa shape index (κ1) is 40.2. The molecule has 0 saturated heterocycles. The van der Waals surface area contributed by atoms with Crippen LogP contribution in [-0.4, -0.2) is 51.1 Å². The molecular formula is C35H49BrN4O4. The van der Waals surface area contributed by atoms with Gasteiger partial charge >= 0.3 is 0 Å². The summed E-state index contributed by atoms with van der Waals surface area (Å²) in [7, 11) is 4.75. The highest BCUT2D eigenvalue weighted by Crippen LogP contribution is 2.23. The monoisotopic (exact) mass is 668 g/mol. The lowest BCUT2D eigenvalue weighted by Gasteiger charge is -2.21. The van der Waals surface area contributed by atoms with Crippen molar-refractivity contribution in [2.75, 3.05) is 21.3 Å². The Hall–Kier alpha value is -3.79. The van der Waals surface area contributed by atoms with Crippen molar-refractivity contribution in [3.63, 3.8) is 0 Å². The molecule has 1 saturated carbocycles. The van der Waals surface area contributed by atoms with Crippen LogP contribution in [0.3, 0.4) is 0 Å². The standard InChI is InChI=1S/C30H34BrN3O3.C2H6O.C2H4.CH5N/c1-4-24(31)18-13-21(3)32-28(35)19-27(30(37)33-25-10-6-7-11-25)34-29(36)23-16-14-22(15-17-23)26-12-8-5-9-20(26)2;1-3-2;2*1-2/h4-5,8-9,12-18,25,27H,3,6-7,10-11,19H2,1-2H3,(H,32,35)(H,33,37)(H,34,36);1-2H3;1-2H2;2H2,1H3/b18-13-,24-4+;;;. The molecule has 0 spiro atoms. The molecule has 2 aromatic rings. The van der Waals surface area contributed by atoms with Gasteiger partial charge in [-0.1, -0.05) is 77.8 Å². The van der Waals surface area contributed by atoms with Gasteiger partial charge in [-0.15, -0.1) is 13.2 Å². The van der Waals surface area contributed by atoms with Gasteiger partial charge in [-0.05, 0) is 74.7 Å². The summed E-state index contributed by atoms with van der Waals surface area (Å²) in [6, 6.07) is 14.3. The van der Waals surface area contributed by atoms with Gasteiger partial charge in [0.1, 0.15) is 6.04 Å². The fraction of sp³-hybridized carbons (Fsp3) is 0.343. The minimum atomic E-state index is -1.01. The number of rotatable bonds is 10. The van der Waals surface area contributed by atoms with Crippen LogP contribution in [0.1, 0.15) is 54.9 Å². The maximum atomic E-state index is 13.1. The van der Waals surface area contributed by atoms with Crippen LogP contribution in [0.5, 0.6) is 0 Å². The molecular weight excluding hydrogens is 620 g/mol. The highest BCUT2D eigenvalue weighted by Gasteiger charge is 2.27. The van der Waals surface area contributed by atoms with Gasteiger partial charge in [0.25, 0.3) is 5.91 Å². The van der Waals surface area contributed by atoms with E-state index in [-0.39, 0.29) is 18.4 Å². The number of benzene rings is 2. The van der Waals surface area contributed by atoms with Crippen molar-refractivity contribution in [1.82, 2.24) is 16.0 Å². The van der Waals surface area contributed by atoms with Crippen LogP contribution in [0.25, 0.3) is 11.1 Å². The van der Waals surface area contributed by atoms with Gasteiger partial charge in [-0.25, -0.2) is 0 Å². The molecule has 1 fully saturated rings. The summed E-state index contributed by atoms with van der Waals surface area (Å²) in [6.45, 7) is 13.7. The minimum absolute atomic E-state index is 0.0689. The van der Waals surface area contributed by atoms with E-state index in [2.05, 4.69) is 62.1 Å². The number of halogens is 1. The van der Waals surface area contributed by atoms with Crippen molar-refractivity contribution in [2.24, 2.45) is 5.73 Å². The Morgan fingerprint density at radius 3 is 2.14 bits per heavy atom. The lowest BCUT2D eigenvalue weighted by Crippen LogP contribution is -2.51. The van der Waals surface area contributed by atoms with Crippen molar-refractivity contribution in [3.8, 4) is 11.1 Å². The largest absolute Gasteiger partial charge is 0.388 e. The van der Waals surface area contributed by atoms with Gasteiger partial charge in [-0.3, -0.25) is 14.4 Å². The lowest BCUT2D eigenvalue weighted by molar-refractivity contribution is -0.128. The molecule has 1 atom stereocenters. The van der Waals surface area contributed by atoms with Gasteiger partial charge in [0.2, 0.25) is 11.8 Å². The second-order valence-corrected chi connectivity index (χ2v) is 10.5. The number of hydrogen-bond donors (Lipinski definition) is 4. The first-order valence-corrected chi connectivity index (χ1v) is 15.2. The number of nitrogens with one attached hydrogen (secondary N) is 3. The Balaban J connectivity index is 0.00000244. The summed E-state index contributed by atoms with van der Waals surface area (Å²) in [5.74, 6) is -1.18. The van der Waals surface area contributed by atoms with Gasteiger partial charge in [0, 0.05) is 36.0 Å². The Kier molecular flexibility index (Phi) is 21.6. The fourth-order valence-electron chi connectivity index (χ4n) is 4.25. The summed E-state index contributed by atoms with van der Waals surface area (Å²) in [6.07, 6.45) is 8.99. The maximum absolute atomic E-state index is 13.1.